The zero-order chi connectivity index (χ0) is 12.3. The molecule has 0 aliphatic carbocycles. The predicted molar refractivity (Wildman–Crippen MR) is 62.3 cm³/mol. The quantitative estimate of drug-likeness (QED) is 0.691. The molecule has 0 aliphatic rings. The predicted octanol–water partition coefficient (Wildman–Crippen LogP) is -0.517. The Balaban J connectivity index is 2.23. The molecule has 0 radical (unpaired) electrons. The van der Waals surface area contributed by atoms with E-state index < -0.39 is 7.12 Å². The Labute approximate surface area is 98.7 Å². The van der Waals surface area contributed by atoms with Crippen molar-refractivity contribution in [3.8, 4) is 6.07 Å². The third kappa shape index (κ3) is 2.53. The summed E-state index contributed by atoms with van der Waals surface area (Å²) in [5.41, 5.74) is 1.77. The van der Waals surface area contributed by atoms with Gasteiger partial charge >= 0.3 is 7.12 Å². The first kappa shape index (κ1) is 11.4. The summed E-state index contributed by atoms with van der Waals surface area (Å²) >= 11 is 0. The highest BCUT2D eigenvalue weighted by Gasteiger charge is 2.13. The standard InChI is InChI=1S/C11H10BN3O2/c13-5-9-3-1-2-4-10(9)7-15-8-11(6-14-15)12(16)17/h1-4,6,8,16-17H,7H2. The molecule has 6 heteroatoms. The van der Waals surface area contributed by atoms with Crippen molar-refractivity contribution in [3.05, 3.63) is 47.8 Å². The fraction of sp³-hybridized carbons (Fsp3) is 0.0909. The van der Waals surface area contributed by atoms with E-state index in [1.54, 1.807) is 23.0 Å². The van der Waals surface area contributed by atoms with Gasteiger partial charge in [0.15, 0.2) is 0 Å². The number of hydrogen-bond donors (Lipinski definition) is 2. The summed E-state index contributed by atoms with van der Waals surface area (Å²) in [7, 11) is -1.52. The molecule has 0 atom stereocenters. The van der Waals surface area contributed by atoms with E-state index in [9.17, 15) is 0 Å². The van der Waals surface area contributed by atoms with E-state index >= 15 is 0 Å². The lowest BCUT2D eigenvalue weighted by molar-refractivity contribution is 0.425. The zero-order valence-electron chi connectivity index (χ0n) is 8.98. The molecule has 2 rings (SSSR count). The van der Waals surface area contributed by atoms with Crippen LogP contribution in [0.5, 0.6) is 0 Å². The fourth-order valence-corrected chi connectivity index (χ4v) is 1.54. The number of nitriles is 1. The van der Waals surface area contributed by atoms with Gasteiger partial charge in [0.25, 0.3) is 0 Å². The summed E-state index contributed by atoms with van der Waals surface area (Å²) in [6, 6.07) is 9.33. The molecule has 5 nitrogen and oxygen atoms in total. The highest BCUT2D eigenvalue weighted by molar-refractivity contribution is 6.58. The van der Waals surface area contributed by atoms with Gasteiger partial charge in [-0.05, 0) is 11.6 Å². The van der Waals surface area contributed by atoms with Crippen molar-refractivity contribution in [1.82, 2.24) is 9.78 Å². The molecule has 0 unspecified atom stereocenters. The minimum absolute atomic E-state index is 0.333. The van der Waals surface area contributed by atoms with Gasteiger partial charge in [-0.1, -0.05) is 18.2 Å². The van der Waals surface area contributed by atoms with Gasteiger partial charge in [-0.3, -0.25) is 4.68 Å². The maximum atomic E-state index is 8.95. The Kier molecular flexibility index (Phi) is 3.23. The van der Waals surface area contributed by atoms with Crippen molar-refractivity contribution in [2.24, 2.45) is 0 Å². The van der Waals surface area contributed by atoms with Gasteiger partial charge in [0, 0.05) is 17.9 Å². The monoisotopic (exact) mass is 227 g/mol. The van der Waals surface area contributed by atoms with Crippen molar-refractivity contribution < 1.29 is 10.0 Å². The number of nitrogens with zero attached hydrogens (tertiary/aromatic N) is 3. The maximum absolute atomic E-state index is 8.95. The van der Waals surface area contributed by atoms with Gasteiger partial charge in [-0.25, -0.2) is 0 Å². The Bertz CT molecular complexity index is 560. The number of aromatic nitrogens is 2. The van der Waals surface area contributed by atoms with Crippen LogP contribution in [0.25, 0.3) is 0 Å². The number of benzene rings is 1. The molecule has 0 bridgehead atoms. The highest BCUT2D eigenvalue weighted by atomic mass is 16.4. The first-order valence-corrected chi connectivity index (χ1v) is 5.07. The fourth-order valence-electron chi connectivity index (χ4n) is 1.54. The van der Waals surface area contributed by atoms with Crippen LogP contribution in [0.15, 0.2) is 36.7 Å². The summed E-state index contributed by atoms with van der Waals surface area (Å²) in [6.07, 6.45) is 2.93. The number of rotatable bonds is 3. The van der Waals surface area contributed by atoms with Gasteiger partial charge in [0.1, 0.15) is 0 Å². The average molecular weight is 227 g/mol. The molecular weight excluding hydrogens is 217 g/mol. The van der Waals surface area contributed by atoms with E-state index in [1.807, 2.05) is 12.1 Å². The van der Waals surface area contributed by atoms with Crippen LogP contribution in [0, 0.1) is 11.3 Å². The molecule has 17 heavy (non-hydrogen) atoms. The topological polar surface area (TPSA) is 82.1 Å². The van der Waals surface area contributed by atoms with Crippen molar-refractivity contribution in [3.63, 3.8) is 0 Å². The third-order valence-corrected chi connectivity index (χ3v) is 2.42. The van der Waals surface area contributed by atoms with Gasteiger partial charge < -0.3 is 10.0 Å². The largest absolute Gasteiger partial charge is 0.491 e. The minimum Gasteiger partial charge on any atom is -0.423 e. The lowest BCUT2D eigenvalue weighted by Gasteiger charge is -2.03. The molecule has 1 heterocycles. The van der Waals surface area contributed by atoms with E-state index in [2.05, 4.69) is 11.2 Å². The van der Waals surface area contributed by atoms with E-state index in [-0.39, 0.29) is 0 Å². The Morgan fingerprint density at radius 2 is 2.12 bits per heavy atom. The summed E-state index contributed by atoms with van der Waals surface area (Å²) < 4.78 is 1.56. The Hall–Kier alpha value is -2.10. The van der Waals surface area contributed by atoms with E-state index in [4.69, 9.17) is 15.3 Å². The van der Waals surface area contributed by atoms with Gasteiger partial charge in [-0.15, -0.1) is 0 Å². The molecule has 2 aromatic rings. The van der Waals surface area contributed by atoms with Crippen LogP contribution >= 0.6 is 0 Å². The van der Waals surface area contributed by atoms with Crippen LogP contribution in [0.3, 0.4) is 0 Å². The molecule has 0 fully saturated rings. The second-order valence-electron chi connectivity index (χ2n) is 3.61. The van der Waals surface area contributed by atoms with E-state index in [1.165, 1.54) is 6.20 Å². The molecule has 0 amide bonds. The highest BCUT2D eigenvalue weighted by Crippen LogP contribution is 2.08. The molecule has 2 N–H and O–H groups in total. The van der Waals surface area contributed by atoms with Crippen LogP contribution < -0.4 is 5.46 Å². The molecule has 1 aromatic carbocycles. The summed E-state index contributed by atoms with van der Waals surface area (Å²) in [5.74, 6) is 0. The van der Waals surface area contributed by atoms with E-state index in [0.717, 1.165) is 5.56 Å². The SMILES string of the molecule is N#Cc1ccccc1Cn1cc(B(O)O)cn1. The molecule has 1 aromatic heterocycles. The van der Waals surface area contributed by atoms with Gasteiger partial charge in [0.2, 0.25) is 0 Å². The number of hydrogen-bond acceptors (Lipinski definition) is 4. The molecule has 0 spiro atoms. The maximum Gasteiger partial charge on any atom is 0.491 e. The van der Waals surface area contributed by atoms with Crippen LogP contribution in [0.1, 0.15) is 11.1 Å². The second-order valence-corrected chi connectivity index (χ2v) is 3.61. The lowest BCUT2D eigenvalue weighted by atomic mass is 9.83. The normalized spacial score (nSPS) is 9.94. The molecule has 0 saturated carbocycles. The summed E-state index contributed by atoms with van der Waals surface area (Å²) in [4.78, 5) is 0. The lowest BCUT2D eigenvalue weighted by Crippen LogP contribution is -2.28. The van der Waals surface area contributed by atoms with Crippen LogP contribution in [0.4, 0.5) is 0 Å². The van der Waals surface area contributed by atoms with Gasteiger partial charge in [0.05, 0.1) is 18.2 Å². The van der Waals surface area contributed by atoms with Crippen LogP contribution in [0.2, 0.25) is 0 Å². The minimum atomic E-state index is -1.52. The smallest absolute Gasteiger partial charge is 0.423 e. The van der Waals surface area contributed by atoms with Crippen molar-refractivity contribution in [2.75, 3.05) is 0 Å². The van der Waals surface area contributed by atoms with Crippen molar-refractivity contribution in [2.45, 2.75) is 6.54 Å². The third-order valence-electron chi connectivity index (χ3n) is 2.42. The van der Waals surface area contributed by atoms with E-state index in [0.29, 0.717) is 17.6 Å². The molecule has 0 saturated heterocycles. The zero-order valence-corrected chi connectivity index (χ0v) is 8.98. The van der Waals surface area contributed by atoms with Gasteiger partial charge in [-0.2, -0.15) is 10.4 Å². The molecular formula is C11H10BN3O2. The Morgan fingerprint density at radius 1 is 1.35 bits per heavy atom. The average Bonchev–Trinajstić information content (AvgIpc) is 2.78. The summed E-state index contributed by atoms with van der Waals surface area (Å²) in [6.45, 7) is 0.427. The van der Waals surface area contributed by atoms with Crippen molar-refractivity contribution in [1.29, 1.82) is 5.26 Å². The van der Waals surface area contributed by atoms with Crippen molar-refractivity contribution >= 4 is 12.6 Å². The first-order chi connectivity index (χ1) is 8.20. The second kappa shape index (κ2) is 4.83. The Morgan fingerprint density at radius 3 is 2.76 bits per heavy atom. The molecule has 0 aliphatic heterocycles. The van der Waals surface area contributed by atoms with Crippen LogP contribution in [-0.2, 0) is 6.54 Å². The summed E-state index contributed by atoms with van der Waals surface area (Å²) in [5, 5.41) is 30.8. The van der Waals surface area contributed by atoms with Crippen LogP contribution in [-0.4, -0.2) is 26.9 Å². The first-order valence-electron chi connectivity index (χ1n) is 5.07. The molecule has 84 valence electrons.